The van der Waals surface area contributed by atoms with Crippen molar-refractivity contribution in [3.05, 3.63) is 106 Å². The summed E-state index contributed by atoms with van der Waals surface area (Å²) in [6.07, 6.45) is 3.31. The quantitative estimate of drug-likeness (QED) is 0.441. The fraction of sp³-hybridized carbons (Fsp3) is 0.185. The summed E-state index contributed by atoms with van der Waals surface area (Å²) in [7, 11) is 0. The van der Waals surface area contributed by atoms with Crippen molar-refractivity contribution in [2.75, 3.05) is 18.0 Å². The molecule has 0 saturated heterocycles. The van der Waals surface area contributed by atoms with Crippen molar-refractivity contribution in [2.45, 2.75) is 18.9 Å². The minimum absolute atomic E-state index is 0.0706. The molecule has 0 radical (unpaired) electrons. The van der Waals surface area contributed by atoms with Crippen LogP contribution in [0.2, 0.25) is 10.0 Å². The summed E-state index contributed by atoms with van der Waals surface area (Å²) in [6.45, 7) is 1.79. The molecule has 3 aromatic carbocycles. The van der Waals surface area contributed by atoms with E-state index in [-0.39, 0.29) is 22.0 Å². The average Bonchev–Trinajstić information content (AvgIpc) is 2.84. The summed E-state index contributed by atoms with van der Waals surface area (Å²) in [5.41, 5.74) is 4.49. The predicted molar refractivity (Wildman–Crippen MR) is 137 cm³/mol. The highest BCUT2D eigenvalue weighted by Gasteiger charge is 2.24. The number of aliphatic carboxylic acids is 1. The van der Waals surface area contributed by atoms with E-state index in [1.807, 2.05) is 42.5 Å². The lowest BCUT2D eigenvalue weighted by molar-refractivity contribution is -0.139. The average molecular weight is 495 g/mol. The van der Waals surface area contributed by atoms with Crippen molar-refractivity contribution >= 4 is 46.3 Å². The van der Waals surface area contributed by atoms with Crippen molar-refractivity contribution in [2.24, 2.45) is 0 Å². The molecule has 0 spiro atoms. The third-order valence-electron chi connectivity index (χ3n) is 5.89. The van der Waals surface area contributed by atoms with E-state index in [1.165, 1.54) is 23.4 Å². The monoisotopic (exact) mass is 494 g/mol. The summed E-state index contributed by atoms with van der Waals surface area (Å²) in [5, 5.41) is 12.5. The van der Waals surface area contributed by atoms with Crippen LogP contribution in [-0.4, -0.2) is 36.1 Å². The zero-order chi connectivity index (χ0) is 24.1. The van der Waals surface area contributed by atoms with E-state index in [1.54, 1.807) is 6.07 Å². The number of carbonyl (C=O) groups is 2. The molecule has 3 aromatic rings. The second-order valence-electron chi connectivity index (χ2n) is 8.12. The van der Waals surface area contributed by atoms with Crippen LogP contribution in [0.15, 0.2) is 78.9 Å². The number of hydrogen-bond acceptors (Lipinski definition) is 3. The first kappa shape index (κ1) is 23.9. The number of carboxylic acid groups (broad SMARTS) is 1. The molecule has 0 bridgehead atoms. The molecule has 0 aromatic heterocycles. The molecule has 1 amide bonds. The smallest absolute Gasteiger partial charge is 0.326 e. The van der Waals surface area contributed by atoms with Gasteiger partial charge in [-0.2, -0.15) is 0 Å². The summed E-state index contributed by atoms with van der Waals surface area (Å²) >= 11 is 12.2. The van der Waals surface area contributed by atoms with Crippen molar-refractivity contribution in [1.82, 2.24) is 5.32 Å². The van der Waals surface area contributed by atoms with Gasteiger partial charge in [-0.25, -0.2) is 4.79 Å². The molecule has 174 valence electrons. The van der Waals surface area contributed by atoms with E-state index in [9.17, 15) is 14.7 Å². The number of hydrogen-bond donors (Lipinski definition) is 2. The van der Waals surface area contributed by atoms with Crippen LogP contribution in [0, 0.1) is 0 Å². The van der Waals surface area contributed by atoms with Gasteiger partial charge in [-0.05, 0) is 47.4 Å². The normalized spacial score (nSPS) is 14.3. The van der Waals surface area contributed by atoms with Crippen LogP contribution in [-0.2, 0) is 11.2 Å². The van der Waals surface area contributed by atoms with Crippen molar-refractivity contribution in [3.8, 4) is 0 Å². The second kappa shape index (κ2) is 10.8. The molecule has 34 heavy (non-hydrogen) atoms. The Morgan fingerprint density at radius 1 is 0.941 bits per heavy atom. The lowest BCUT2D eigenvalue weighted by Crippen LogP contribution is -2.42. The van der Waals surface area contributed by atoms with Crippen LogP contribution in [0.25, 0.3) is 5.57 Å². The van der Waals surface area contributed by atoms with Gasteiger partial charge in [-0.15, -0.1) is 0 Å². The van der Waals surface area contributed by atoms with Gasteiger partial charge in [0.05, 0.1) is 15.6 Å². The van der Waals surface area contributed by atoms with Crippen LogP contribution < -0.4 is 10.2 Å². The van der Waals surface area contributed by atoms with Gasteiger partial charge < -0.3 is 15.3 Å². The zero-order valence-electron chi connectivity index (χ0n) is 18.4. The van der Waals surface area contributed by atoms with E-state index in [0.717, 1.165) is 30.6 Å². The van der Waals surface area contributed by atoms with Crippen molar-refractivity contribution < 1.29 is 14.7 Å². The maximum absolute atomic E-state index is 12.6. The Bertz CT molecular complexity index is 1190. The lowest BCUT2D eigenvalue weighted by Gasteiger charge is -2.28. The number of anilines is 1. The topological polar surface area (TPSA) is 69.6 Å². The fourth-order valence-electron chi connectivity index (χ4n) is 4.04. The second-order valence-corrected chi connectivity index (χ2v) is 8.94. The summed E-state index contributed by atoms with van der Waals surface area (Å²) in [4.78, 5) is 26.8. The van der Waals surface area contributed by atoms with Crippen LogP contribution in [0.4, 0.5) is 5.69 Å². The molecular formula is C27H24Cl2N2O3. The molecule has 0 saturated carbocycles. The van der Waals surface area contributed by atoms with E-state index < -0.39 is 17.9 Å². The Morgan fingerprint density at radius 2 is 1.62 bits per heavy atom. The molecule has 0 aliphatic carbocycles. The number of halogens is 2. The molecule has 1 aliphatic heterocycles. The number of nitrogens with zero attached hydrogens (tertiary/aromatic N) is 1. The third kappa shape index (κ3) is 5.61. The molecular weight excluding hydrogens is 471 g/mol. The first-order valence-electron chi connectivity index (χ1n) is 11.0. The maximum Gasteiger partial charge on any atom is 0.326 e. The Labute approximate surface area is 208 Å². The van der Waals surface area contributed by atoms with Gasteiger partial charge in [0.15, 0.2) is 0 Å². The highest BCUT2D eigenvalue weighted by molar-refractivity contribution is 6.39. The Hall–Kier alpha value is -3.28. The van der Waals surface area contributed by atoms with Crippen LogP contribution in [0.3, 0.4) is 0 Å². The van der Waals surface area contributed by atoms with E-state index in [2.05, 4.69) is 28.4 Å². The van der Waals surface area contributed by atoms with Gasteiger partial charge in [0.25, 0.3) is 5.91 Å². The van der Waals surface area contributed by atoms with Gasteiger partial charge in [-0.1, -0.05) is 77.8 Å². The molecule has 0 unspecified atom stereocenters. The van der Waals surface area contributed by atoms with Crippen LogP contribution >= 0.6 is 23.2 Å². The van der Waals surface area contributed by atoms with Crippen molar-refractivity contribution in [3.63, 3.8) is 0 Å². The predicted octanol–water partition coefficient (Wildman–Crippen LogP) is 5.71. The number of carboxylic acids is 1. The minimum atomic E-state index is -1.13. The van der Waals surface area contributed by atoms with Gasteiger partial charge in [-0.3, -0.25) is 4.79 Å². The van der Waals surface area contributed by atoms with Crippen LogP contribution in [0.5, 0.6) is 0 Å². The summed E-state index contributed by atoms with van der Waals surface area (Å²) in [6, 6.07) is 21.7. The fourth-order valence-corrected chi connectivity index (χ4v) is 4.61. The zero-order valence-corrected chi connectivity index (χ0v) is 19.9. The maximum atomic E-state index is 12.6. The number of carbonyl (C=O) groups excluding carboxylic acids is 1. The molecule has 7 heteroatoms. The van der Waals surface area contributed by atoms with E-state index >= 15 is 0 Å². The Kier molecular flexibility index (Phi) is 7.56. The number of benzene rings is 3. The van der Waals surface area contributed by atoms with Gasteiger partial charge in [0, 0.05) is 25.2 Å². The third-order valence-corrected chi connectivity index (χ3v) is 6.52. The first-order chi connectivity index (χ1) is 16.4. The van der Waals surface area contributed by atoms with Gasteiger partial charge in [0.2, 0.25) is 0 Å². The molecule has 4 rings (SSSR count). The number of nitrogens with one attached hydrogen (secondary N) is 1. The molecule has 1 atom stereocenters. The van der Waals surface area contributed by atoms with Gasteiger partial charge in [0.1, 0.15) is 6.04 Å². The first-order valence-corrected chi connectivity index (χ1v) is 11.7. The number of rotatable bonds is 7. The minimum Gasteiger partial charge on any atom is -0.480 e. The lowest BCUT2D eigenvalue weighted by atomic mass is 9.96. The molecule has 1 aliphatic rings. The number of amides is 1. The highest BCUT2D eigenvalue weighted by Crippen LogP contribution is 2.27. The number of para-hydroxylation sites is 1. The van der Waals surface area contributed by atoms with Gasteiger partial charge >= 0.3 is 5.97 Å². The Balaban J connectivity index is 1.41. The van der Waals surface area contributed by atoms with E-state index in [0.29, 0.717) is 0 Å². The Morgan fingerprint density at radius 3 is 2.21 bits per heavy atom. The molecule has 1 heterocycles. The molecule has 5 nitrogen and oxygen atoms in total. The summed E-state index contributed by atoms with van der Waals surface area (Å²) in [5.74, 6) is -1.74. The largest absolute Gasteiger partial charge is 0.480 e. The molecule has 0 fully saturated rings. The van der Waals surface area contributed by atoms with Crippen molar-refractivity contribution in [1.29, 1.82) is 0 Å². The standard InChI is InChI=1S/C27H24Cl2N2O3/c28-22-7-4-8-23(29)25(22)26(32)30-24(27(33)34)17-18-9-11-19(12-10-18)20-13-15-31(16-14-20)21-5-2-1-3-6-21/h1-13,24H,14-17H2,(H,30,32)(H,33,34)/t24-/m0/s1. The highest BCUT2D eigenvalue weighted by atomic mass is 35.5. The SMILES string of the molecule is O=C(N[C@@H](Cc1ccc(C2=CCN(c3ccccc3)CC2)cc1)C(=O)O)c1c(Cl)cccc1Cl. The van der Waals surface area contributed by atoms with Crippen LogP contribution in [0.1, 0.15) is 27.9 Å². The summed E-state index contributed by atoms with van der Waals surface area (Å²) < 4.78 is 0. The van der Waals surface area contributed by atoms with E-state index in [4.69, 9.17) is 23.2 Å². The molecule has 2 N–H and O–H groups in total.